The molecule has 17 heavy (non-hydrogen) atoms. The molecule has 2 heterocycles. The molecule has 1 aliphatic rings. The van der Waals surface area contributed by atoms with E-state index in [-0.39, 0.29) is 19.0 Å². The van der Waals surface area contributed by atoms with Crippen molar-refractivity contribution in [1.82, 2.24) is 9.88 Å². The minimum atomic E-state index is -0.752. The molecule has 0 spiro atoms. The van der Waals surface area contributed by atoms with Gasteiger partial charge in [0, 0.05) is 44.3 Å². The number of pyridine rings is 1. The van der Waals surface area contributed by atoms with Gasteiger partial charge in [0.15, 0.2) is 0 Å². The third-order valence-electron chi connectivity index (χ3n) is 2.76. The van der Waals surface area contributed by atoms with Crippen LogP contribution in [0, 0.1) is 0 Å². The van der Waals surface area contributed by atoms with Gasteiger partial charge in [0.2, 0.25) is 0 Å². The van der Waals surface area contributed by atoms with Crippen LogP contribution < -0.4 is 4.90 Å². The predicted octanol–water partition coefficient (Wildman–Crippen LogP) is 0.710. The highest BCUT2D eigenvalue weighted by molar-refractivity contribution is 5.85. The highest BCUT2D eigenvalue weighted by Crippen LogP contribution is 2.14. The van der Waals surface area contributed by atoms with Crippen molar-refractivity contribution < 1.29 is 9.90 Å². The number of carboxylic acids is 1. The normalized spacial score (nSPS) is 16.4. The molecule has 0 saturated carbocycles. The molecular formula is C11H16ClN3O2. The van der Waals surface area contributed by atoms with E-state index in [2.05, 4.69) is 9.88 Å². The molecule has 0 aliphatic carbocycles. The van der Waals surface area contributed by atoms with Gasteiger partial charge in [0.05, 0.1) is 6.54 Å². The first-order valence-electron chi connectivity index (χ1n) is 5.35. The minimum absolute atomic E-state index is 0. The van der Waals surface area contributed by atoms with Crippen LogP contribution in [0.1, 0.15) is 0 Å². The van der Waals surface area contributed by atoms with Gasteiger partial charge in [0.25, 0.3) is 0 Å². The van der Waals surface area contributed by atoms with Gasteiger partial charge in [-0.1, -0.05) is 0 Å². The van der Waals surface area contributed by atoms with Gasteiger partial charge in [-0.05, 0) is 12.1 Å². The van der Waals surface area contributed by atoms with Gasteiger partial charge in [-0.3, -0.25) is 14.7 Å². The lowest BCUT2D eigenvalue weighted by molar-refractivity contribution is -0.138. The second-order valence-corrected chi connectivity index (χ2v) is 3.86. The molecule has 5 nitrogen and oxygen atoms in total. The predicted molar refractivity (Wildman–Crippen MR) is 67.8 cm³/mol. The fourth-order valence-corrected chi connectivity index (χ4v) is 1.91. The first-order chi connectivity index (χ1) is 7.75. The highest BCUT2D eigenvalue weighted by Gasteiger charge is 2.18. The maximum absolute atomic E-state index is 10.6. The van der Waals surface area contributed by atoms with Gasteiger partial charge >= 0.3 is 5.97 Å². The third kappa shape index (κ3) is 3.87. The summed E-state index contributed by atoms with van der Waals surface area (Å²) < 4.78 is 0. The molecule has 0 radical (unpaired) electrons. The number of rotatable bonds is 3. The zero-order chi connectivity index (χ0) is 11.4. The van der Waals surface area contributed by atoms with E-state index in [1.54, 1.807) is 12.4 Å². The van der Waals surface area contributed by atoms with E-state index < -0.39 is 5.97 Å². The number of piperazine rings is 1. The van der Waals surface area contributed by atoms with Crippen LogP contribution >= 0.6 is 12.4 Å². The largest absolute Gasteiger partial charge is 0.480 e. The van der Waals surface area contributed by atoms with E-state index in [1.165, 1.54) is 0 Å². The molecule has 1 fully saturated rings. The van der Waals surface area contributed by atoms with Gasteiger partial charge < -0.3 is 10.0 Å². The average Bonchev–Trinajstić information content (AvgIpc) is 2.30. The van der Waals surface area contributed by atoms with Crippen molar-refractivity contribution >= 4 is 24.1 Å². The van der Waals surface area contributed by atoms with Gasteiger partial charge in [0.1, 0.15) is 0 Å². The van der Waals surface area contributed by atoms with Crippen molar-refractivity contribution in [2.45, 2.75) is 0 Å². The van der Waals surface area contributed by atoms with Crippen molar-refractivity contribution in [3.63, 3.8) is 0 Å². The van der Waals surface area contributed by atoms with E-state index in [0.717, 1.165) is 31.9 Å². The van der Waals surface area contributed by atoms with Crippen LogP contribution in [0.25, 0.3) is 0 Å². The molecule has 94 valence electrons. The Bertz CT molecular complexity index is 353. The van der Waals surface area contributed by atoms with Gasteiger partial charge in [-0.2, -0.15) is 0 Å². The third-order valence-corrected chi connectivity index (χ3v) is 2.76. The standard InChI is InChI=1S/C11H15N3O2.ClH/c15-11(16)9-13-5-7-14(8-6-13)10-1-3-12-4-2-10;/h1-4H,5-9H2,(H,15,16);1H. The smallest absolute Gasteiger partial charge is 0.317 e. The Kier molecular flexibility index (Phi) is 5.18. The van der Waals surface area contributed by atoms with Gasteiger partial charge in [-0.15, -0.1) is 12.4 Å². The summed E-state index contributed by atoms with van der Waals surface area (Å²) in [5.74, 6) is -0.752. The van der Waals surface area contributed by atoms with E-state index in [4.69, 9.17) is 5.11 Å². The Labute approximate surface area is 106 Å². The van der Waals surface area contributed by atoms with Gasteiger partial charge in [-0.25, -0.2) is 0 Å². The van der Waals surface area contributed by atoms with Crippen LogP contribution in [0.15, 0.2) is 24.5 Å². The Morgan fingerprint density at radius 3 is 2.35 bits per heavy atom. The van der Waals surface area contributed by atoms with Crippen LogP contribution in [0.5, 0.6) is 0 Å². The summed E-state index contributed by atoms with van der Waals surface area (Å²) in [5.41, 5.74) is 1.16. The maximum Gasteiger partial charge on any atom is 0.317 e. The summed E-state index contributed by atoms with van der Waals surface area (Å²) in [6.45, 7) is 3.49. The summed E-state index contributed by atoms with van der Waals surface area (Å²) in [7, 11) is 0. The molecule has 0 bridgehead atoms. The zero-order valence-corrected chi connectivity index (χ0v) is 10.3. The highest BCUT2D eigenvalue weighted by atomic mass is 35.5. The lowest BCUT2D eigenvalue weighted by Gasteiger charge is -2.35. The zero-order valence-electron chi connectivity index (χ0n) is 9.45. The number of hydrogen-bond acceptors (Lipinski definition) is 4. The second kappa shape index (κ2) is 6.42. The quantitative estimate of drug-likeness (QED) is 0.864. The van der Waals surface area contributed by atoms with E-state index in [9.17, 15) is 4.79 Å². The van der Waals surface area contributed by atoms with Crippen molar-refractivity contribution in [2.75, 3.05) is 37.6 Å². The molecule has 1 aromatic heterocycles. The summed E-state index contributed by atoms with van der Waals surface area (Å²) in [6.07, 6.45) is 3.55. The lowest BCUT2D eigenvalue weighted by atomic mass is 10.2. The molecule has 0 aromatic carbocycles. The Morgan fingerprint density at radius 1 is 1.24 bits per heavy atom. The van der Waals surface area contributed by atoms with Crippen LogP contribution in [0.4, 0.5) is 5.69 Å². The molecule has 1 N–H and O–H groups in total. The molecule has 0 atom stereocenters. The molecule has 0 unspecified atom stereocenters. The molecule has 1 aromatic rings. The van der Waals surface area contributed by atoms with Crippen LogP contribution in [0.2, 0.25) is 0 Å². The first kappa shape index (κ1) is 13.7. The number of carbonyl (C=O) groups is 1. The van der Waals surface area contributed by atoms with Crippen molar-refractivity contribution in [3.8, 4) is 0 Å². The van der Waals surface area contributed by atoms with Crippen LogP contribution in [-0.2, 0) is 4.79 Å². The number of anilines is 1. The molecule has 1 aliphatic heterocycles. The molecule has 6 heteroatoms. The number of aliphatic carboxylic acids is 1. The van der Waals surface area contributed by atoms with Crippen molar-refractivity contribution in [3.05, 3.63) is 24.5 Å². The maximum atomic E-state index is 10.6. The fraction of sp³-hybridized carbons (Fsp3) is 0.455. The lowest BCUT2D eigenvalue weighted by Crippen LogP contribution is -2.47. The van der Waals surface area contributed by atoms with Crippen LogP contribution in [0.3, 0.4) is 0 Å². The van der Waals surface area contributed by atoms with E-state index in [1.807, 2.05) is 17.0 Å². The van der Waals surface area contributed by atoms with Crippen LogP contribution in [-0.4, -0.2) is 53.7 Å². The molecule has 1 saturated heterocycles. The average molecular weight is 258 g/mol. The molecule has 0 amide bonds. The Morgan fingerprint density at radius 2 is 1.82 bits per heavy atom. The number of hydrogen-bond donors (Lipinski definition) is 1. The van der Waals surface area contributed by atoms with Crippen molar-refractivity contribution in [1.29, 1.82) is 0 Å². The van der Waals surface area contributed by atoms with E-state index >= 15 is 0 Å². The fourth-order valence-electron chi connectivity index (χ4n) is 1.91. The summed E-state index contributed by atoms with van der Waals surface area (Å²) in [5, 5.41) is 8.69. The minimum Gasteiger partial charge on any atom is -0.480 e. The number of carboxylic acid groups (broad SMARTS) is 1. The summed E-state index contributed by atoms with van der Waals surface area (Å²) >= 11 is 0. The van der Waals surface area contributed by atoms with Crippen molar-refractivity contribution in [2.24, 2.45) is 0 Å². The number of nitrogens with zero attached hydrogens (tertiary/aromatic N) is 3. The first-order valence-corrected chi connectivity index (χ1v) is 5.35. The topological polar surface area (TPSA) is 56.7 Å². The second-order valence-electron chi connectivity index (χ2n) is 3.86. The number of aromatic nitrogens is 1. The molecular weight excluding hydrogens is 242 g/mol. The van der Waals surface area contributed by atoms with E-state index in [0.29, 0.717) is 0 Å². The summed E-state index contributed by atoms with van der Waals surface area (Å²) in [4.78, 5) is 18.7. The Balaban J connectivity index is 0.00000144. The molecule has 2 rings (SSSR count). The SMILES string of the molecule is Cl.O=C(O)CN1CCN(c2ccncc2)CC1. The number of halogens is 1. The Hall–Kier alpha value is -1.33. The monoisotopic (exact) mass is 257 g/mol. The summed E-state index contributed by atoms with van der Waals surface area (Å²) in [6, 6.07) is 3.96.